The quantitative estimate of drug-likeness (QED) is 0.718. The number of nitrogens with one attached hydrogen (secondary N) is 1. The molecule has 25 heavy (non-hydrogen) atoms. The van der Waals surface area contributed by atoms with Crippen molar-refractivity contribution in [3.05, 3.63) is 71.8 Å². The van der Waals surface area contributed by atoms with Crippen LogP contribution < -0.4 is 5.32 Å². The number of hydrogen-bond donors (Lipinski definition) is 3. The number of amides is 1. The van der Waals surface area contributed by atoms with E-state index in [-0.39, 0.29) is 6.61 Å². The minimum atomic E-state index is -1.73. The van der Waals surface area contributed by atoms with Crippen molar-refractivity contribution in [1.29, 1.82) is 0 Å². The molecule has 0 fully saturated rings. The second kappa shape index (κ2) is 8.30. The zero-order valence-electron chi connectivity index (χ0n) is 13.9. The smallest absolute Gasteiger partial charge is 0.407 e. The van der Waals surface area contributed by atoms with Crippen molar-refractivity contribution in [2.24, 2.45) is 0 Å². The average Bonchev–Trinajstić information content (AvgIpc) is 2.62. The van der Waals surface area contributed by atoms with Crippen LogP contribution >= 0.6 is 0 Å². The number of carboxylic acid groups (broad SMARTS) is 1. The highest BCUT2D eigenvalue weighted by Crippen LogP contribution is 2.34. The van der Waals surface area contributed by atoms with Gasteiger partial charge < -0.3 is 20.3 Å². The lowest BCUT2D eigenvalue weighted by atomic mass is 9.79. The molecule has 0 aliphatic heterocycles. The fraction of sp³-hybridized carbons (Fsp3) is 0.263. The van der Waals surface area contributed by atoms with Gasteiger partial charge in [-0.15, -0.1) is 0 Å². The minimum Gasteiger partial charge on any atom is -0.481 e. The van der Waals surface area contributed by atoms with Crippen LogP contribution in [-0.4, -0.2) is 34.9 Å². The molecule has 2 aromatic rings. The first kappa shape index (κ1) is 18.5. The Hall–Kier alpha value is -2.86. The number of hydrogen-bond acceptors (Lipinski definition) is 4. The number of carbonyl (C=O) groups excluding carboxylic acids is 1. The number of ether oxygens (including phenoxy) is 1. The molecule has 2 aromatic carbocycles. The first-order valence-electron chi connectivity index (χ1n) is 7.97. The molecular weight excluding hydrogens is 322 g/mol. The van der Waals surface area contributed by atoms with Crippen LogP contribution in [0.2, 0.25) is 0 Å². The summed E-state index contributed by atoms with van der Waals surface area (Å²) in [6.45, 7) is 1.78. The fourth-order valence-corrected chi connectivity index (χ4v) is 2.75. The summed E-state index contributed by atoms with van der Waals surface area (Å²) in [5.74, 6) is -1.15. The van der Waals surface area contributed by atoms with Gasteiger partial charge >= 0.3 is 12.1 Å². The normalized spacial score (nSPS) is 12.2. The van der Waals surface area contributed by atoms with Gasteiger partial charge in [0.25, 0.3) is 0 Å². The number of carbonyl (C=O) groups is 2. The molecule has 0 unspecified atom stereocenters. The molecule has 6 heteroatoms. The fourth-order valence-electron chi connectivity index (χ4n) is 2.75. The maximum Gasteiger partial charge on any atom is 0.407 e. The highest BCUT2D eigenvalue weighted by atomic mass is 16.5. The van der Waals surface area contributed by atoms with Gasteiger partial charge in [0, 0.05) is 0 Å². The van der Waals surface area contributed by atoms with Gasteiger partial charge in [0.05, 0.1) is 19.1 Å². The molecular formula is C19H21NO5. The molecule has 3 N–H and O–H groups in total. The van der Waals surface area contributed by atoms with Crippen LogP contribution in [0.25, 0.3) is 0 Å². The molecule has 0 spiro atoms. The van der Waals surface area contributed by atoms with Crippen LogP contribution in [0.5, 0.6) is 0 Å². The maximum absolute atomic E-state index is 11.9. The highest BCUT2D eigenvalue weighted by molar-refractivity contribution is 5.72. The lowest BCUT2D eigenvalue weighted by Crippen LogP contribution is -2.52. The van der Waals surface area contributed by atoms with E-state index >= 15 is 0 Å². The monoisotopic (exact) mass is 343 g/mol. The van der Waals surface area contributed by atoms with E-state index in [4.69, 9.17) is 4.74 Å². The van der Waals surface area contributed by atoms with Gasteiger partial charge in [-0.2, -0.15) is 0 Å². The van der Waals surface area contributed by atoms with Crippen molar-refractivity contribution in [2.45, 2.75) is 25.0 Å². The van der Waals surface area contributed by atoms with E-state index in [2.05, 4.69) is 5.32 Å². The zero-order chi connectivity index (χ0) is 18.3. The Balaban J connectivity index is 2.53. The molecule has 0 aromatic heterocycles. The van der Waals surface area contributed by atoms with E-state index in [1.165, 1.54) is 0 Å². The van der Waals surface area contributed by atoms with Crippen molar-refractivity contribution in [2.75, 3.05) is 6.61 Å². The van der Waals surface area contributed by atoms with Crippen LogP contribution in [0.3, 0.4) is 0 Å². The lowest BCUT2D eigenvalue weighted by molar-refractivity contribution is -0.139. The molecule has 0 aliphatic rings. The first-order chi connectivity index (χ1) is 12.0. The van der Waals surface area contributed by atoms with Crippen LogP contribution in [0.1, 0.15) is 24.5 Å². The predicted octanol–water partition coefficient (Wildman–Crippen LogP) is 2.51. The van der Waals surface area contributed by atoms with Gasteiger partial charge in [-0.1, -0.05) is 60.7 Å². The van der Waals surface area contributed by atoms with Crippen molar-refractivity contribution >= 4 is 12.1 Å². The Labute approximate surface area is 146 Å². The summed E-state index contributed by atoms with van der Waals surface area (Å²) in [6, 6.07) is 16.2. The Morgan fingerprint density at radius 2 is 1.52 bits per heavy atom. The van der Waals surface area contributed by atoms with Crippen LogP contribution in [-0.2, 0) is 15.1 Å². The largest absolute Gasteiger partial charge is 0.481 e. The molecule has 0 radical (unpaired) electrons. The highest BCUT2D eigenvalue weighted by Gasteiger charge is 2.42. The molecule has 6 nitrogen and oxygen atoms in total. The zero-order valence-corrected chi connectivity index (χ0v) is 13.9. The van der Waals surface area contributed by atoms with E-state index in [0.717, 1.165) is 0 Å². The Kier molecular flexibility index (Phi) is 6.14. The van der Waals surface area contributed by atoms with Crippen LogP contribution in [0.4, 0.5) is 4.79 Å². The third-order valence-corrected chi connectivity index (χ3v) is 3.88. The van der Waals surface area contributed by atoms with Gasteiger partial charge in [-0.25, -0.2) is 4.79 Å². The predicted molar refractivity (Wildman–Crippen MR) is 92.1 cm³/mol. The summed E-state index contributed by atoms with van der Waals surface area (Å²) >= 11 is 0. The second-order valence-corrected chi connectivity index (χ2v) is 5.51. The molecule has 0 aliphatic carbocycles. The number of benzene rings is 2. The number of aliphatic hydroxyl groups is 1. The van der Waals surface area contributed by atoms with E-state index in [9.17, 15) is 19.8 Å². The van der Waals surface area contributed by atoms with Gasteiger partial charge in [0.15, 0.2) is 0 Å². The van der Waals surface area contributed by atoms with Gasteiger partial charge in [0.1, 0.15) is 5.60 Å². The first-order valence-corrected chi connectivity index (χ1v) is 7.97. The number of aliphatic carboxylic acids is 1. The molecule has 1 amide bonds. The molecule has 132 valence electrons. The van der Waals surface area contributed by atoms with Crippen molar-refractivity contribution in [3.63, 3.8) is 0 Å². The Bertz CT molecular complexity index is 663. The van der Waals surface area contributed by atoms with Gasteiger partial charge in [-0.3, -0.25) is 4.79 Å². The average molecular weight is 343 g/mol. The van der Waals surface area contributed by atoms with Crippen molar-refractivity contribution in [3.8, 4) is 0 Å². The Morgan fingerprint density at radius 1 is 1.04 bits per heavy atom. The summed E-state index contributed by atoms with van der Waals surface area (Å²) < 4.78 is 4.87. The van der Waals surface area contributed by atoms with E-state index in [1.807, 2.05) is 0 Å². The third kappa shape index (κ3) is 4.36. The molecule has 1 atom stereocenters. The van der Waals surface area contributed by atoms with Gasteiger partial charge in [-0.05, 0) is 18.1 Å². The Morgan fingerprint density at radius 3 is 1.92 bits per heavy atom. The number of alkyl carbamates (subject to hydrolysis) is 1. The lowest BCUT2D eigenvalue weighted by Gasteiger charge is -2.36. The van der Waals surface area contributed by atoms with Crippen LogP contribution in [0, 0.1) is 0 Å². The SMILES string of the molecule is CCOC(=O)N[C@@H](CC(=O)O)C(O)(c1ccccc1)c1ccccc1. The van der Waals surface area contributed by atoms with E-state index in [0.29, 0.717) is 11.1 Å². The molecule has 0 saturated carbocycles. The van der Waals surface area contributed by atoms with Crippen molar-refractivity contribution < 1.29 is 24.5 Å². The second-order valence-electron chi connectivity index (χ2n) is 5.51. The molecule has 2 rings (SSSR count). The summed E-state index contributed by atoms with van der Waals surface area (Å²) in [6.07, 6.45) is -1.25. The van der Waals surface area contributed by atoms with Crippen LogP contribution in [0.15, 0.2) is 60.7 Å². The van der Waals surface area contributed by atoms with E-state index in [1.54, 1.807) is 67.6 Å². The van der Waals surface area contributed by atoms with Gasteiger partial charge in [0.2, 0.25) is 0 Å². The topological polar surface area (TPSA) is 95.9 Å². The molecule has 0 saturated heterocycles. The summed E-state index contributed by atoms with van der Waals surface area (Å²) in [5.41, 5.74) is -0.776. The number of rotatable bonds is 7. The third-order valence-electron chi connectivity index (χ3n) is 3.88. The summed E-state index contributed by atoms with van der Waals surface area (Å²) in [4.78, 5) is 23.3. The maximum atomic E-state index is 11.9. The summed E-state index contributed by atoms with van der Waals surface area (Å²) in [5, 5.41) is 23.3. The van der Waals surface area contributed by atoms with Crippen molar-refractivity contribution in [1.82, 2.24) is 5.32 Å². The standard InChI is InChI=1S/C19H21NO5/c1-2-25-18(23)20-16(13-17(21)22)19(24,14-9-5-3-6-10-14)15-11-7-4-8-12-15/h3-12,16,24H,2,13H2,1H3,(H,20,23)(H,21,22)/t16-/m0/s1. The molecule has 0 heterocycles. The summed E-state index contributed by atoms with van der Waals surface area (Å²) in [7, 11) is 0. The molecule has 0 bridgehead atoms. The minimum absolute atomic E-state index is 0.140. The van der Waals surface area contributed by atoms with E-state index < -0.39 is 30.1 Å². The number of carboxylic acids is 1.